The topological polar surface area (TPSA) is 54.7 Å². The van der Waals surface area contributed by atoms with E-state index < -0.39 is 0 Å². The largest absolute Gasteiger partial charge is 0.345 e. The van der Waals surface area contributed by atoms with Crippen molar-refractivity contribution in [3.63, 3.8) is 0 Å². The molecule has 1 heterocycles. The number of nitrogens with zero attached hydrogens (tertiary/aromatic N) is 1. The molecule has 0 bridgehead atoms. The fourth-order valence-corrected chi connectivity index (χ4v) is 2.22. The van der Waals surface area contributed by atoms with Crippen molar-refractivity contribution in [1.29, 1.82) is 0 Å². The van der Waals surface area contributed by atoms with Crippen LogP contribution in [0.15, 0.2) is 36.7 Å². The Morgan fingerprint density at radius 2 is 2.11 bits per heavy atom. The van der Waals surface area contributed by atoms with Crippen molar-refractivity contribution in [2.45, 2.75) is 38.6 Å². The smallest absolute Gasteiger partial charge is 0.137 e. The highest BCUT2D eigenvalue weighted by molar-refractivity contribution is 5.60. The number of unbranched alkanes of at least 4 members (excludes halogenated alkanes) is 2. The monoisotopic (exact) mass is 243 g/mol. The van der Waals surface area contributed by atoms with Crippen molar-refractivity contribution in [3.05, 3.63) is 42.2 Å². The molecule has 1 unspecified atom stereocenters. The van der Waals surface area contributed by atoms with Crippen LogP contribution in [0, 0.1) is 0 Å². The molecule has 1 aromatic carbocycles. The van der Waals surface area contributed by atoms with E-state index in [1.54, 1.807) is 6.20 Å². The molecule has 3 N–H and O–H groups in total. The molecule has 0 aliphatic rings. The van der Waals surface area contributed by atoms with Gasteiger partial charge in [0.15, 0.2) is 0 Å². The van der Waals surface area contributed by atoms with Gasteiger partial charge < -0.3 is 10.7 Å². The lowest BCUT2D eigenvalue weighted by atomic mass is 9.96. The maximum absolute atomic E-state index is 6.30. The van der Waals surface area contributed by atoms with Gasteiger partial charge in [0, 0.05) is 24.0 Å². The Kier molecular flexibility index (Phi) is 4.53. The van der Waals surface area contributed by atoms with Crippen molar-refractivity contribution in [2.75, 3.05) is 0 Å². The van der Waals surface area contributed by atoms with Gasteiger partial charge in [0.1, 0.15) is 5.82 Å². The number of hydrogen-bond acceptors (Lipinski definition) is 2. The highest BCUT2D eigenvalue weighted by atomic mass is 14.9. The average molecular weight is 243 g/mol. The molecule has 0 spiro atoms. The number of imidazole rings is 1. The number of aromatic amines is 1. The summed E-state index contributed by atoms with van der Waals surface area (Å²) in [5.41, 5.74) is 8.60. The Hall–Kier alpha value is -1.61. The van der Waals surface area contributed by atoms with E-state index >= 15 is 0 Å². The minimum atomic E-state index is 0.0952. The lowest BCUT2D eigenvalue weighted by Gasteiger charge is -2.15. The zero-order valence-corrected chi connectivity index (χ0v) is 10.9. The highest BCUT2D eigenvalue weighted by Crippen LogP contribution is 2.27. The van der Waals surface area contributed by atoms with E-state index in [0.717, 1.165) is 17.8 Å². The Bertz CT molecular complexity index is 462. The average Bonchev–Trinajstić information content (AvgIpc) is 2.93. The van der Waals surface area contributed by atoms with E-state index in [-0.39, 0.29) is 6.04 Å². The summed E-state index contributed by atoms with van der Waals surface area (Å²) < 4.78 is 0. The molecule has 3 nitrogen and oxygen atoms in total. The molecule has 0 radical (unpaired) electrons. The second-order valence-corrected chi connectivity index (χ2v) is 4.63. The van der Waals surface area contributed by atoms with Gasteiger partial charge in [-0.1, -0.05) is 50.5 Å². The van der Waals surface area contributed by atoms with E-state index in [0.29, 0.717) is 0 Å². The molecule has 0 amide bonds. The van der Waals surface area contributed by atoms with Crippen LogP contribution in [0.4, 0.5) is 0 Å². The summed E-state index contributed by atoms with van der Waals surface area (Å²) in [5, 5.41) is 0. The van der Waals surface area contributed by atoms with Crippen LogP contribution in [0.3, 0.4) is 0 Å². The summed E-state index contributed by atoms with van der Waals surface area (Å²) in [4.78, 5) is 7.46. The summed E-state index contributed by atoms with van der Waals surface area (Å²) in [6.45, 7) is 2.21. The lowest BCUT2D eigenvalue weighted by molar-refractivity contribution is 0.582. The van der Waals surface area contributed by atoms with E-state index in [1.165, 1.54) is 24.8 Å². The Morgan fingerprint density at radius 3 is 2.83 bits per heavy atom. The quantitative estimate of drug-likeness (QED) is 0.761. The Morgan fingerprint density at radius 1 is 1.28 bits per heavy atom. The summed E-state index contributed by atoms with van der Waals surface area (Å²) in [5.74, 6) is 0.900. The third-order valence-corrected chi connectivity index (χ3v) is 3.23. The molecule has 0 saturated heterocycles. The molecule has 0 aliphatic heterocycles. The van der Waals surface area contributed by atoms with Crippen molar-refractivity contribution in [1.82, 2.24) is 9.97 Å². The zero-order chi connectivity index (χ0) is 12.8. The molecule has 18 heavy (non-hydrogen) atoms. The van der Waals surface area contributed by atoms with Crippen molar-refractivity contribution in [2.24, 2.45) is 5.73 Å². The third kappa shape index (κ3) is 2.99. The molecule has 3 heteroatoms. The van der Waals surface area contributed by atoms with Gasteiger partial charge in [0.25, 0.3) is 0 Å². The summed E-state index contributed by atoms with van der Waals surface area (Å²) in [7, 11) is 0. The number of nitrogens with one attached hydrogen (secondary N) is 1. The van der Waals surface area contributed by atoms with Crippen LogP contribution in [0.2, 0.25) is 0 Å². The maximum Gasteiger partial charge on any atom is 0.137 e. The molecular formula is C15H21N3. The first-order valence-electron chi connectivity index (χ1n) is 6.67. The number of rotatable bonds is 6. The zero-order valence-electron chi connectivity index (χ0n) is 10.9. The van der Waals surface area contributed by atoms with Gasteiger partial charge in [-0.3, -0.25) is 0 Å². The van der Waals surface area contributed by atoms with Crippen LogP contribution >= 0.6 is 0 Å². The summed E-state index contributed by atoms with van der Waals surface area (Å²) in [6, 6.07) is 8.35. The van der Waals surface area contributed by atoms with Gasteiger partial charge in [-0.15, -0.1) is 0 Å². The van der Waals surface area contributed by atoms with E-state index in [4.69, 9.17) is 5.73 Å². The summed E-state index contributed by atoms with van der Waals surface area (Å²) in [6.07, 6.45) is 8.31. The Balaban J connectivity index is 2.17. The SMILES string of the molecule is CCCCCC(N)c1ccccc1-c1ncc[nH]1. The number of aromatic nitrogens is 2. The normalized spacial score (nSPS) is 12.6. The molecule has 0 aliphatic carbocycles. The van der Waals surface area contributed by atoms with Crippen molar-refractivity contribution in [3.8, 4) is 11.4 Å². The van der Waals surface area contributed by atoms with Gasteiger partial charge in [-0.05, 0) is 12.0 Å². The first kappa shape index (κ1) is 12.8. The van der Waals surface area contributed by atoms with Gasteiger partial charge in [-0.25, -0.2) is 4.98 Å². The molecule has 1 atom stereocenters. The number of H-pyrrole nitrogens is 1. The van der Waals surface area contributed by atoms with Crippen LogP contribution in [-0.4, -0.2) is 9.97 Å². The van der Waals surface area contributed by atoms with Crippen LogP contribution in [-0.2, 0) is 0 Å². The second-order valence-electron chi connectivity index (χ2n) is 4.63. The predicted octanol–water partition coefficient (Wildman–Crippen LogP) is 3.66. The molecule has 0 fully saturated rings. The van der Waals surface area contributed by atoms with Crippen LogP contribution in [0.25, 0.3) is 11.4 Å². The van der Waals surface area contributed by atoms with Gasteiger partial charge in [-0.2, -0.15) is 0 Å². The van der Waals surface area contributed by atoms with Crippen LogP contribution < -0.4 is 5.73 Å². The Labute approximate surface area is 108 Å². The molecule has 0 saturated carbocycles. The third-order valence-electron chi connectivity index (χ3n) is 3.23. The molecule has 2 rings (SSSR count). The minimum Gasteiger partial charge on any atom is -0.345 e. The molecule has 96 valence electrons. The maximum atomic E-state index is 6.30. The fraction of sp³-hybridized carbons (Fsp3) is 0.400. The first-order chi connectivity index (χ1) is 8.83. The van der Waals surface area contributed by atoms with Crippen molar-refractivity contribution >= 4 is 0 Å². The molecule has 2 aromatic rings. The number of benzene rings is 1. The molecule has 1 aromatic heterocycles. The van der Waals surface area contributed by atoms with E-state index in [1.807, 2.05) is 18.3 Å². The van der Waals surface area contributed by atoms with Crippen LogP contribution in [0.5, 0.6) is 0 Å². The fourth-order valence-electron chi connectivity index (χ4n) is 2.22. The standard InChI is InChI=1S/C15H21N3/c1-2-3-4-9-14(16)12-7-5-6-8-13(12)15-17-10-11-18-15/h5-8,10-11,14H,2-4,9,16H2,1H3,(H,17,18). The minimum absolute atomic E-state index is 0.0952. The second kappa shape index (κ2) is 6.36. The summed E-state index contributed by atoms with van der Waals surface area (Å²) >= 11 is 0. The number of hydrogen-bond donors (Lipinski definition) is 2. The highest BCUT2D eigenvalue weighted by Gasteiger charge is 2.12. The van der Waals surface area contributed by atoms with E-state index in [9.17, 15) is 0 Å². The van der Waals surface area contributed by atoms with Crippen molar-refractivity contribution < 1.29 is 0 Å². The van der Waals surface area contributed by atoms with Gasteiger partial charge in [0.2, 0.25) is 0 Å². The van der Waals surface area contributed by atoms with E-state index in [2.05, 4.69) is 29.0 Å². The van der Waals surface area contributed by atoms with Gasteiger partial charge >= 0.3 is 0 Å². The first-order valence-corrected chi connectivity index (χ1v) is 6.67. The van der Waals surface area contributed by atoms with Crippen LogP contribution in [0.1, 0.15) is 44.2 Å². The van der Waals surface area contributed by atoms with Gasteiger partial charge in [0.05, 0.1) is 0 Å². The lowest BCUT2D eigenvalue weighted by Crippen LogP contribution is -2.11. The number of nitrogens with two attached hydrogens (primary N) is 1. The predicted molar refractivity (Wildman–Crippen MR) is 75.1 cm³/mol. The molecular weight excluding hydrogens is 222 g/mol.